The van der Waals surface area contributed by atoms with Crippen molar-refractivity contribution in [1.82, 2.24) is 0 Å². The van der Waals surface area contributed by atoms with Crippen molar-refractivity contribution in [3.63, 3.8) is 0 Å². The van der Waals surface area contributed by atoms with Gasteiger partial charge >= 0.3 is 0 Å². The van der Waals surface area contributed by atoms with Gasteiger partial charge in [-0.05, 0) is 6.85 Å². The summed E-state index contributed by atoms with van der Waals surface area (Å²) in [5, 5.41) is 0. The summed E-state index contributed by atoms with van der Waals surface area (Å²) in [7, 11) is 0. The molecule has 0 aromatic heterocycles. The molecule has 0 aromatic rings. The first-order valence-corrected chi connectivity index (χ1v) is 1.10. The normalized spacial score (nSPS) is 76.0. The Bertz CT molecular complexity index is 99.1. The summed E-state index contributed by atoms with van der Waals surface area (Å²) < 4.78 is 31.3. The van der Waals surface area contributed by atoms with E-state index in [1.165, 1.54) is 0 Å². The lowest BCUT2D eigenvalue weighted by Gasteiger charge is -1.50. The van der Waals surface area contributed by atoms with Gasteiger partial charge in [0.2, 0.25) is 0 Å². The molecule has 1 aliphatic heterocycles. The highest BCUT2D eigenvalue weighted by atomic mass is 16.6. The van der Waals surface area contributed by atoms with Gasteiger partial charge < -0.3 is 4.74 Å². The van der Waals surface area contributed by atoms with Gasteiger partial charge in [-0.3, -0.25) is 0 Å². The maximum Gasteiger partial charge on any atom is 0.0781 e. The molecule has 1 aliphatic rings. The van der Waals surface area contributed by atoms with Crippen LogP contribution in [-0.4, -0.2) is 12.7 Å². The molecule has 4 heavy (non-hydrogen) atoms. The number of hydrogen-bond acceptors (Lipinski definition) is 1. The summed E-state index contributed by atoms with van der Waals surface area (Å²) in [4.78, 5) is 0. The van der Waals surface area contributed by atoms with Crippen molar-refractivity contribution in [1.29, 1.82) is 0 Å². The Labute approximate surface area is 31.2 Å². The van der Waals surface area contributed by atoms with Gasteiger partial charge in [-0.2, -0.15) is 0 Å². The van der Waals surface area contributed by atoms with Gasteiger partial charge in [0, 0.05) is 4.11 Å². The standard InChI is InChI=1S/C3H6O/c1-3-2-4-3/h3H,2H2,1H3/i1D3,3D. The smallest absolute Gasteiger partial charge is 0.0781 e. The number of hydrogen-bond donors (Lipinski definition) is 0. The zero-order valence-electron chi connectivity index (χ0n) is 6.12. The SMILES string of the molecule is [2H]C([2H])([2H])C1([2H])CO1. The molecule has 1 saturated heterocycles. The van der Waals surface area contributed by atoms with Crippen LogP contribution in [0.15, 0.2) is 0 Å². The maximum atomic E-state index is 6.91. The van der Waals surface area contributed by atoms with E-state index in [1.54, 1.807) is 0 Å². The highest BCUT2D eigenvalue weighted by molar-refractivity contribution is 4.58. The van der Waals surface area contributed by atoms with Crippen LogP contribution in [0.1, 0.15) is 12.3 Å². The van der Waals surface area contributed by atoms with Crippen LogP contribution in [0.25, 0.3) is 0 Å². The third-order valence-electron chi connectivity index (χ3n) is 0.289. The quantitative estimate of drug-likeness (QED) is 0.370. The van der Waals surface area contributed by atoms with E-state index in [1.807, 2.05) is 0 Å². The highest BCUT2D eigenvalue weighted by Crippen LogP contribution is 2.04. The van der Waals surface area contributed by atoms with Crippen molar-refractivity contribution in [2.24, 2.45) is 0 Å². The summed E-state index contributed by atoms with van der Waals surface area (Å²) in [6.07, 6.45) is -1.56. The molecule has 1 heteroatoms. The largest absolute Gasteiger partial charge is 0.373 e. The molecule has 1 nitrogen and oxygen atoms in total. The van der Waals surface area contributed by atoms with E-state index >= 15 is 0 Å². The van der Waals surface area contributed by atoms with Crippen LogP contribution in [0, 0.1) is 0 Å². The first-order valence-electron chi connectivity index (χ1n) is 3.10. The van der Waals surface area contributed by atoms with Gasteiger partial charge in [0.25, 0.3) is 0 Å². The van der Waals surface area contributed by atoms with Gasteiger partial charge in [-0.15, -0.1) is 0 Å². The maximum absolute atomic E-state index is 6.91. The van der Waals surface area contributed by atoms with Gasteiger partial charge in [-0.25, -0.2) is 0 Å². The molecular weight excluding hydrogens is 52.0 g/mol. The van der Waals surface area contributed by atoms with E-state index < -0.39 is 12.9 Å². The van der Waals surface area contributed by atoms with E-state index in [0.717, 1.165) is 0 Å². The molecule has 0 radical (unpaired) electrons. The zero-order chi connectivity index (χ0) is 6.41. The van der Waals surface area contributed by atoms with Crippen LogP contribution in [0.5, 0.6) is 0 Å². The molecule has 1 fully saturated rings. The lowest BCUT2D eigenvalue weighted by molar-refractivity contribution is 0.423. The first kappa shape index (κ1) is 0.548. The molecule has 0 aliphatic carbocycles. The predicted octanol–water partition coefficient (Wildman–Crippen LogP) is 0.405. The van der Waals surface area contributed by atoms with Crippen molar-refractivity contribution in [2.45, 2.75) is 12.9 Å². The Kier molecular flexibility index (Phi) is 0.0633. The number of rotatable bonds is 0. The Morgan fingerprint density at radius 1 is 2.75 bits per heavy atom. The molecule has 0 amide bonds. The monoisotopic (exact) mass is 62.1 g/mol. The Morgan fingerprint density at radius 2 is 3.50 bits per heavy atom. The van der Waals surface area contributed by atoms with Gasteiger partial charge in [0.15, 0.2) is 0 Å². The van der Waals surface area contributed by atoms with Crippen LogP contribution in [0.3, 0.4) is 0 Å². The van der Waals surface area contributed by atoms with E-state index in [-0.39, 0.29) is 6.61 Å². The lowest BCUT2D eigenvalue weighted by atomic mass is 10.6. The highest BCUT2D eigenvalue weighted by Gasteiger charge is 2.13. The molecule has 0 saturated carbocycles. The Balaban J connectivity index is 2.58. The molecule has 1 unspecified atom stereocenters. The number of ether oxygens (including phenoxy) is 1. The van der Waals surface area contributed by atoms with Crippen molar-refractivity contribution >= 4 is 0 Å². The summed E-state index contributed by atoms with van der Waals surface area (Å²) in [6.45, 7) is -2.21. The minimum absolute atomic E-state index is 0.0451. The summed E-state index contributed by atoms with van der Waals surface area (Å²) >= 11 is 0. The van der Waals surface area contributed by atoms with Crippen LogP contribution in [0.4, 0.5) is 0 Å². The van der Waals surface area contributed by atoms with Crippen LogP contribution in [0.2, 0.25) is 0 Å². The van der Waals surface area contributed by atoms with Crippen molar-refractivity contribution in [2.75, 3.05) is 6.61 Å². The number of epoxide rings is 1. The average Bonchev–Trinajstić information content (AvgIpc) is 2.16. The minimum atomic E-state index is -2.26. The summed E-state index contributed by atoms with van der Waals surface area (Å²) in [5.74, 6) is 0. The molecule has 0 N–H and O–H groups in total. The fourth-order valence-corrected chi connectivity index (χ4v) is 0.0361. The van der Waals surface area contributed by atoms with Crippen LogP contribution >= 0.6 is 0 Å². The third kappa shape index (κ3) is 0.206. The molecule has 0 spiro atoms. The summed E-state index contributed by atoms with van der Waals surface area (Å²) in [6, 6.07) is 0. The fraction of sp³-hybridized carbons (Fsp3) is 1.00. The van der Waals surface area contributed by atoms with Gasteiger partial charge in [0.05, 0.1) is 14.1 Å². The molecular formula is C3H6O. The van der Waals surface area contributed by atoms with Gasteiger partial charge in [0.1, 0.15) is 0 Å². The van der Waals surface area contributed by atoms with Crippen molar-refractivity contribution in [3.05, 3.63) is 0 Å². The second-order valence-electron chi connectivity index (χ2n) is 0.712. The second-order valence-corrected chi connectivity index (χ2v) is 0.712. The van der Waals surface area contributed by atoms with E-state index in [4.69, 9.17) is 5.48 Å². The first-order chi connectivity index (χ1) is 3.46. The van der Waals surface area contributed by atoms with E-state index in [2.05, 4.69) is 4.74 Å². The van der Waals surface area contributed by atoms with E-state index in [9.17, 15) is 0 Å². The predicted molar refractivity (Wildman–Crippen MR) is 15.4 cm³/mol. The molecule has 1 rings (SSSR count). The minimum Gasteiger partial charge on any atom is -0.373 e. The lowest BCUT2D eigenvalue weighted by Crippen LogP contribution is -1.60. The van der Waals surface area contributed by atoms with Gasteiger partial charge in [-0.1, -0.05) is 0 Å². The van der Waals surface area contributed by atoms with Crippen molar-refractivity contribution in [3.8, 4) is 0 Å². The third-order valence-corrected chi connectivity index (χ3v) is 0.289. The molecule has 0 bridgehead atoms. The van der Waals surface area contributed by atoms with Crippen LogP contribution < -0.4 is 0 Å². The molecule has 1 heterocycles. The zero-order valence-corrected chi connectivity index (χ0v) is 2.12. The molecule has 24 valence electrons. The Morgan fingerprint density at radius 3 is 3.50 bits per heavy atom. The van der Waals surface area contributed by atoms with Crippen LogP contribution in [-0.2, 0) is 4.74 Å². The average molecular weight is 62.1 g/mol. The topological polar surface area (TPSA) is 12.5 Å². The Hall–Kier alpha value is -0.0400. The van der Waals surface area contributed by atoms with Crippen molar-refractivity contribution < 1.29 is 10.2 Å². The molecule has 0 aromatic carbocycles. The molecule has 1 atom stereocenters. The fourth-order valence-electron chi connectivity index (χ4n) is 0.0361. The summed E-state index contributed by atoms with van der Waals surface area (Å²) in [5.41, 5.74) is 0. The second kappa shape index (κ2) is 0.462. The van der Waals surface area contributed by atoms with E-state index in [0.29, 0.717) is 0 Å².